The van der Waals surface area contributed by atoms with Gasteiger partial charge in [0, 0.05) is 29.8 Å². The van der Waals surface area contributed by atoms with E-state index >= 15 is 0 Å². The molecule has 0 aliphatic rings. The maximum atomic E-state index is 13.2. The fourth-order valence-corrected chi connectivity index (χ4v) is 5.46. The molecular weight excluding hydrogens is 569 g/mol. The van der Waals surface area contributed by atoms with Crippen molar-refractivity contribution < 1.29 is 17.9 Å². The molecule has 0 aliphatic carbocycles. The number of amidine groups is 1. The van der Waals surface area contributed by atoms with Gasteiger partial charge >= 0.3 is 0 Å². The monoisotopic (exact) mass is 600 g/mol. The Bertz CT molecular complexity index is 1700. The number of methoxy groups -OCH3 is 1. The summed E-state index contributed by atoms with van der Waals surface area (Å²) in [6.45, 7) is 2.82. The number of sulfonamides is 1. The quantitative estimate of drug-likeness (QED) is 0.135. The van der Waals surface area contributed by atoms with Crippen LogP contribution in [0.1, 0.15) is 29.2 Å². The van der Waals surface area contributed by atoms with Gasteiger partial charge in [0.15, 0.2) is 0 Å². The molecule has 8 nitrogen and oxygen atoms in total. The molecule has 0 unspecified atom stereocenters. The van der Waals surface area contributed by atoms with E-state index in [-0.39, 0.29) is 23.1 Å². The van der Waals surface area contributed by atoms with Gasteiger partial charge in [-0.3, -0.25) is 10.2 Å². The standard InChI is InChI=1S/C32H32N4O4S2/c1-3-36(30(37)20-22-11-13-24(14-12-22)28-9-4-5-10-29(28)42(34,38)39)21-23-7-6-8-26(19-23)31(33)35-32(41)25-15-17-27(40-2)18-16-25/h4-19H,3,20-21H2,1-2H3,(H2,33,35,41)(H2,34,38,39). The lowest BCUT2D eigenvalue weighted by atomic mass is 10.0. The topological polar surface area (TPSA) is 126 Å². The van der Waals surface area contributed by atoms with Crippen LogP contribution in [0.3, 0.4) is 0 Å². The van der Waals surface area contributed by atoms with Crippen LogP contribution in [0.2, 0.25) is 0 Å². The Morgan fingerprint density at radius 3 is 2.26 bits per heavy atom. The smallest absolute Gasteiger partial charge is 0.238 e. The number of amides is 1. The Hall–Kier alpha value is -4.38. The molecule has 42 heavy (non-hydrogen) atoms. The first-order valence-corrected chi connectivity index (χ1v) is 15.2. The fraction of sp³-hybridized carbons (Fsp3) is 0.156. The van der Waals surface area contributed by atoms with E-state index in [2.05, 4.69) is 5.32 Å². The minimum Gasteiger partial charge on any atom is -0.497 e. The van der Waals surface area contributed by atoms with E-state index in [1.165, 1.54) is 6.07 Å². The zero-order valence-corrected chi connectivity index (χ0v) is 25.0. The Kier molecular flexibility index (Phi) is 9.84. The van der Waals surface area contributed by atoms with E-state index in [4.69, 9.17) is 27.5 Å². The lowest BCUT2D eigenvalue weighted by Gasteiger charge is -2.22. The molecular formula is C32H32N4O4S2. The van der Waals surface area contributed by atoms with Crippen LogP contribution in [0.15, 0.2) is 102 Å². The maximum absolute atomic E-state index is 13.2. The summed E-state index contributed by atoms with van der Waals surface area (Å²) in [5.41, 5.74) is 4.33. The number of nitrogens with two attached hydrogens (primary N) is 1. The van der Waals surface area contributed by atoms with Crippen molar-refractivity contribution in [1.82, 2.24) is 10.2 Å². The van der Waals surface area contributed by atoms with E-state index in [1.807, 2.05) is 67.6 Å². The van der Waals surface area contributed by atoms with Crippen LogP contribution in [0.5, 0.6) is 5.75 Å². The summed E-state index contributed by atoms with van der Waals surface area (Å²) in [6.07, 6.45) is 0.193. The zero-order valence-electron chi connectivity index (χ0n) is 23.3. The van der Waals surface area contributed by atoms with Crippen molar-refractivity contribution in [2.24, 2.45) is 5.14 Å². The highest BCUT2D eigenvalue weighted by Gasteiger charge is 2.17. The van der Waals surface area contributed by atoms with Crippen LogP contribution in [-0.4, -0.2) is 43.7 Å². The molecule has 10 heteroatoms. The van der Waals surface area contributed by atoms with Crippen LogP contribution in [0.25, 0.3) is 11.1 Å². The summed E-state index contributed by atoms with van der Waals surface area (Å²) in [4.78, 5) is 15.4. The van der Waals surface area contributed by atoms with Crippen LogP contribution in [-0.2, 0) is 27.8 Å². The highest BCUT2D eigenvalue weighted by atomic mass is 32.2. The maximum Gasteiger partial charge on any atom is 0.238 e. The van der Waals surface area contributed by atoms with Crippen molar-refractivity contribution in [2.45, 2.75) is 24.8 Å². The number of thiocarbonyl (C=S) groups is 1. The van der Waals surface area contributed by atoms with Crippen molar-refractivity contribution in [2.75, 3.05) is 13.7 Å². The van der Waals surface area contributed by atoms with Gasteiger partial charge in [-0.15, -0.1) is 0 Å². The average molecular weight is 601 g/mol. The lowest BCUT2D eigenvalue weighted by Crippen LogP contribution is -2.32. The minimum absolute atomic E-state index is 0.0468. The molecule has 0 fully saturated rings. The third kappa shape index (κ3) is 7.67. The Morgan fingerprint density at radius 1 is 0.929 bits per heavy atom. The Labute approximate surface area is 251 Å². The fourth-order valence-electron chi connectivity index (χ4n) is 4.46. The van der Waals surface area contributed by atoms with Crippen LogP contribution in [0, 0.1) is 5.41 Å². The van der Waals surface area contributed by atoms with Crippen LogP contribution in [0.4, 0.5) is 0 Å². The summed E-state index contributed by atoms with van der Waals surface area (Å²) in [6, 6.07) is 28.5. The molecule has 0 saturated heterocycles. The van der Waals surface area contributed by atoms with Gasteiger partial charge in [0.1, 0.15) is 16.6 Å². The highest BCUT2D eigenvalue weighted by molar-refractivity contribution is 7.89. The first kappa shape index (κ1) is 30.6. The van der Waals surface area contributed by atoms with Gasteiger partial charge in [-0.25, -0.2) is 13.6 Å². The first-order chi connectivity index (χ1) is 20.1. The van der Waals surface area contributed by atoms with Gasteiger partial charge in [-0.05, 0) is 60.0 Å². The molecule has 4 N–H and O–H groups in total. The summed E-state index contributed by atoms with van der Waals surface area (Å²) in [5.74, 6) is 0.841. The molecule has 0 bridgehead atoms. The number of nitrogens with one attached hydrogen (secondary N) is 2. The number of benzene rings is 4. The van der Waals surface area contributed by atoms with Gasteiger partial charge in [0.05, 0.1) is 18.4 Å². The number of primary sulfonamides is 1. The lowest BCUT2D eigenvalue weighted by molar-refractivity contribution is -0.130. The Balaban J connectivity index is 1.40. The molecule has 4 rings (SSSR count). The molecule has 0 atom stereocenters. The first-order valence-electron chi connectivity index (χ1n) is 13.2. The highest BCUT2D eigenvalue weighted by Crippen LogP contribution is 2.27. The molecule has 1 amide bonds. The van der Waals surface area contributed by atoms with E-state index < -0.39 is 10.0 Å². The molecule has 0 saturated carbocycles. The molecule has 0 aromatic heterocycles. The number of ether oxygens (including phenoxy) is 1. The second-order valence-electron chi connectivity index (χ2n) is 9.58. The average Bonchev–Trinajstić information content (AvgIpc) is 3.00. The second-order valence-corrected chi connectivity index (χ2v) is 11.5. The van der Waals surface area contributed by atoms with Crippen LogP contribution >= 0.6 is 12.2 Å². The predicted octanol–water partition coefficient (Wildman–Crippen LogP) is 4.89. The van der Waals surface area contributed by atoms with Crippen molar-refractivity contribution in [3.63, 3.8) is 0 Å². The number of likely N-dealkylation sites (N-methyl/N-ethyl adjacent to an activating group) is 1. The summed E-state index contributed by atoms with van der Waals surface area (Å²) in [5, 5.41) is 16.9. The molecule has 4 aromatic rings. The summed E-state index contributed by atoms with van der Waals surface area (Å²) in [7, 11) is -2.28. The summed E-state index contributed by atoms with van der Waals surface area (Å²) >= 11 is 5.47. The van der Waals surface area contributed by atoms with Crippen molar-refractivity contribution in [1.29, 1.82) is 5.41 Å². The molecule has 4 aromatic carbocycles. The van der Waals surface area contributed by atoms with E-state index in [0.29, 0.717) is 34.8 Å². The van der Waals surface area contributed by atoms with Gasteiger partial charge < -0.3 is 15.0 Å². The number of hydrogen-bond donors (Lipinski definition) is 3. The Morgan fingerprint density at radius 2 is 1.62 bits per heavy atom. The molecule has 0 aliphatic heterocycles. The third-order valence-corrected chi connectivity index (χ3v) is 8.03. The third-order valence-electron chi connectivity index (χ3n) is 6.73. The molecule has 0 radical (unpaired) electrons. The van der Waals surface area contributed by atoms with E-state index in [0.717, 1.165) is 22.4 Å². The van der Waals surface area contributed by atoms with E-state index in [9.17, 15) is 13.2 Å². The van der Waals surface area contributed by atoms with Gasteiger partial charge in [-0.2, -0.15) is 0 Å². The number of carbonyl (C=O) groups is 1. The van der Waals surface area contributed by atoms with Gasteiger partial charge in [-0.1, -0.05) is 72.9 Å². The normalized spacial score (nSPS) is 11.0. The van der Waals surface area contributed by atoms with Crippen LogP contribution < -0.4 is 15.2 Å². The molecule has 0 spiro atoms. The predicted molar refractivity (Wildman–Crippen MR) is 169 cm³/mol. The summed E-state index contributed by atoms with van der Waals surface area (Å²) < 4.78 is 29.2. The van der Waals surface area contributed by atoms with Crippen molar-refractivity contribution in [3.8, 4) is 16.9 Å². The van der Waals surface area contributed by atoms with E-state index in [1.54, 1.807) is 42.3 Å². The SMILES string of the molecule is CCN(Cc1cccc(C(=N)NC(=S)c2ccc(OC)cc2)c1)C(=O)Cc1ccc(-c2ccccc2S(N)(=O)=O)cc1. The minimum atomic E-state index is -3.87. The molecule has 216 valence electrons. The zero-order chi connectivity index (χ0) is 30.3. The second kappa shape index (κ2) is 13.5. The number of rotatable bonds is 10. The van der Waals surface area contributed by atoms with Crippen molar-refractivity contribution >= 4 is 39.0 Å². The number of carbonyl (C=O) groups excluding carboxylic acids is 1. The largest absolute Gasteiger partial charge is 0.497 e. The number of nitrogens with zero attached hydrogens (tertiary/aromatic N) is 1. The van der Waals surface area contributed by atoms with Crippen molar-refractivity contribution in [3.05, 3.63) is 119 Å². The van der Waals surface area contributed by atoms with Gasteiger partial charge in [0.2, 0.25) is 15.9 Å². The number of hydrogen-bond acceptors (Lipinski definition) is 6. The molecule has 0 heterocycles. The van der Waals surface area contributed by atoms with Gasteiger partial charge in [0.25, 0.3) is 0 Å².